The maximum Gasteiger partial charge on any atom is 0.203 e. The third-order valence-corrected chi connectivity index (χ3v) is 4.61. The summed E-state index contributed by atoms with van der Waals surface area (Å²) in [5, 5.41) is 0. The molecule has 0 aliphatic heterocycles. The topological polar surface area (TPSA) is 86.3 Å². The van der Waals surface area contributed by atoms with Gasteiger partial charge in [-0.1, -0.05) is 20.8 Å². The zero-order chi connectivity index (χ0) is 20.5. The number of H-pyrrole nitrogens is 1. The van der Waals surface area contributed by atoms with Crippen molar-refractivity contribution in [2.45, 2.75) is 27.2 Å². The molecule has 148 valence electrons. The van der Waals surface area contributed by atoms with Crippen LogP contribution in [0.2, 0.25) is 0 Å². The molecule has 0 radical (unpaired) electrons. The van der Waals surface area contributed by atoms with Crippen molar-refractivity contribution < 1.29 is 19.0 Å². The SMILES string of the molecule is COc1cc(-c2cnc3[nH]cc(CC(=O)C(C)(C)C)c3n2)cc(OC)c1OC. The van der Waals surface area contributed by atoms with Gasteiger partial charge in [0.25, 0.3) is 0 Å². The van der Waals surface area contributed by atoms with Gasteiger partial charge in [0.2, 0.25) is 5.75 Å². The minimum atomic E-state index is -0.411. The second-order valence-electron chi connectivity index (χ2n) is 7.53. The van der Waals surface area contributed by atoms with Crippen LogP contribution in [0.5, 0.6) is 17.2 Å². The van der Waals surface area contributed by atoms with E-state index < -0.39 is 5.41 Å². The first kappa shape index (κ1) is 19.7. The number of rotatable bonds is 6. The van der Waals surface area contributed by atoms with E-state index in [0.29, 0.717) is 40.5 Å². The molecule has 0 unspecified atom stereocenters. The lowest BCUT2D eigenvalue weighted by molar-refractivity contribution is -0.125. The highest BCUT2D eigenvalue weighted by Gasteiger charge is 2.23. The summed E-state index contributed by atoms with van der Waals surface area (Å²) in [6.07, 6.45) is 3.78. The van der Waals surface area contributed by atoms with Gasteiger partial charge in [-0.2, -0.15) is 0 Å². The number of ketones is 1. The molecule has 3 rings (SSSR count). The maximum absolute atomic E-state index is 12.5. The summed E-state index contributed by atoms with van der Waals surface area (Å²) in [4.78, 5) is 24.8. The summed E-state index contributed by atoms with van der Waals surface area (Å²) in [6.45, 7) is 5.74. The number of hydrogen-bond donors (Lipinski definition) is 1. The molecule has 3 aromatic rings. The number of Topliss-reactive ketones (excluding diaryl/α,β-unsaturated/α-hetero) is 1. The molecule has 7 heteroatoms. The molecule has 0 saturated heterocycles. The van der Waals surface area contributed by atoms with Gasteiger partial charge in [-0.15, -0.1) is 0 Å². The average molecular weight is 383 g/mol. The first-order valence-corrected chi connectivity index (χ1v) is 8.95. The van der Waals surface area contributed by atoms with Crippen LogP contribution in [0.25, 0.3) is 22.4 Å². The second kappa shape index (κ2) is 7.50. The van der Waals surface area contributed by atoms with E-state index in [1.165, 1.54) is 0 Å². The van der Waals surface area contributed by atoms with Gasteiger partial charge < -0.3 is 19.2 Å². The predicted molar refractivity (Wildman–Crippen MR) is 107 cm³/mol. The number of fused-ring (bicyclic) bond motifs is 1. The van der Waals surface area contributed by atoms with Crippen LogP contribution in [0.1, 0.15) is 26.3 Å². The van der Waals surface area contributed by atoms with Gasteiger partial charge in [0, 0.05) is 29.2 Å². The number of ether oxygens (including phenoxy) is 3. The summed E-state index contributed by atoms with van der Waals surface area (Å²) >= 11 is 0. The third kappa shape index (κ3) is 3.65. The molecule has 28 heavy (non-hydrogen) atoms. The van der Waals surface area contributed by atoms with Gasteiger partial charge in [0.15, 0.2) is 17.1 Å². The molecule has 0 fully saturated rings. The van der Waals surface area contributed by atoms with Gasteiger partial charge in [0.1, 0.15) is 11.3 Å². The summed E-state index contributed by atoms with van der Waals surface area (Å²) in [6, 6.07) is 3.65. The molecular weight excluding hydrogens is 358 g/mol. The minimum Gasteiger partial charge on any atom is -0.493 e. The van der Waals surface area contributed by atoms with Gasteiger partial charge in [-0.05, 0) is 12.1 Å². The molecule has 0 aliphatic carbocycles. The standard InChI is InChI=1S/C21H25N3O4/c1-21(2,3)17(25)9-13-10-22-20-18(13)24-14(11-23-20)12-7-15(26-4)19(28-6)16(8-12)27-5/h7-8,10-11H,9H2,1-6H3,(H,22,23). The van der Waals surface area contributed by atoms with Crippen molar-refractivity contribution in [3.8, 4) is 28.5 Å². The van der Waals surface area contributed by atoms with Crippen LogP contribution < -0.4 is 14.2 Å². The number of benzene rings is 1. The quantitative estimate of drug-likeness (QED) is 0.697. The van der Waals surface area contributed by atoms with Gasteiger partial charge in [-0.25, -0.2) is 9.97 Å². The fourth-order valence-electron chi connectivity index (χ4n) is 2.88. The number of aromatic nitrogens is 3. The number of methoxy groups -OCH3 is 3. The van der Waals surface area contributed by atoms with Crippen molar-refractivity contribution in [2.75, 3.05) is 21.3 Å². The molecule has 0 bridgehead atoms. The molecule has 0 aliphatic rings. The molecule has 0 amide bonds. The Labute approximate surface area is 164 Å². The highest BCUT2D eigenvalue weighted by molar-refractivity contribution is 5.90. The Morgan fingerprint density at radius 2 is 1.71 bits per heavy atom. The molecule has 2 heterocycles. The molecule has 7 nitrogen and oxygen atoms in total. The predicted octanol–water partition coefficient (Wildman–Crippen LogP) is 3.81. The number of carbonyl (C=O) groups excluding carboxylic acids is 1. The normalized spacial score (nSPS) is 11.5. The molecule has 0 spiro atoms. The van der Waals surface area contributed by atoms with Crippen molar-refractivity contribution in [2.24, 2.45) is 5.41 Å². The van der Waals surface area contributed by atoms with E-state index in [1.807, 2.05) is 32.9 Å². The molecule has 1 N–H and O–H groups in total. The van der Waals surface area contributed by atoms with Crippen LogP contribution in [0.4, 0.5) is 0 Å². The first-order valence-electron chi connectivity index (χ1n) is 8.95. The molecule has 0 saturated carbocycles. The maximum atomic E-state index is 12.5. The fourth-order valence-corrected chi connectivity index (χ4v) is 2.88. The average Bonchev–Trinajstić information content (AvgIpc) is 3.08. The van der Waals surface area contributed by atoms with Crippen molar-refractivity contribution in [3.05, 3.63) is 30.1 Å². The summed E-state index contributed by atoms with van der Waals surface area (Å²) in [5.41, 5.74) is 3.17. The number of hydrogen-bond acceptors (Lipinski definition) is 6. The minimum absolute atomic E-state index is 0.147. The van der Waals surface area contributed by atoms with E-state index in [9.17, 15) is 4.79 Å². The van der Waals surface area contributed by atoms with Crippen LogP contribution in [0, 0.1) is 5.41 Å². The van der Waals surface area contributed by atoms with Crippen LogP contribution in [0.3, 0.4) is 0 Å². The van der Waals surface area contributed by atoms with Crippen molar-refractivity contribution in [3.63, 3.8) is 0 Å². The van der Waals surface area contributed by atoms with Crippen LogP contribution in [-0.2, 0) is 11.2 Å². The Morgan fingerprint density at radius 3 is 2.25 bits per heavy atom. The monoisotopic (exact) mass is 383 g/mol. The van der Waals surface area contributed by atoms with Crippen LogP contribution in [-0.4, -0.2) is 42.1 Å². The van der Waals surface area contributed by atoms with E-state index in [4.69, 9.17) is 19.2 Å². The first-order chi connectivity index (χ1) is 13.3. The number of carbonyl (C=O) groups is 1. The van der Waals surface area contributed by atoms with E-state index in [1.54, 1.807) is 33.7 Å². The Balaban J connectivity index is 2.07. The smallest absolute Gasteiger partial charge is 0.203 e. The Morgan fingerprint density at radius 1 is 1.07 bits per heavy atom. The highest BCUT2D eigenvalue weighted by Crippen LogP contribution is 2.41. The van der Waals surface area contributed by atoms with Crippen LogP contribution in [0.15, 0.2) is 24.5 Å². The van der Waals surface area contributed by atoms with E-state index >= 15 is 0 Å². The molecule has 2 aromatic heterocycles. The lowest BCUT2D eigenvalue weighted by atomic mass is 9.87. The van der Waals surface area contributed by atoms with Gasteiger partial charge in [-0.3, -0.25) is 4.79 Å². The van der Waals surface area contributed by atoms with E-state index in [-0.39, 0.29) is 5.78 Å². The largest absolute Gasteiger partial charge is 0.493 e. The Kier molecular flexibility index (Phi) is 5.27. The Hall–Kier alpha value is -3.09. The van der Waals surface area contributed by atoms with Crippen molar-refractivity contribution in [1.82, 2.24) is 15.0 Å². The van der Waals surface area contributed by atoms with Gasteiger partial charge in [0.05, 0.1) is 33.2 Å². The van der Waals surface area contributed by atoms with E-state index in [0.717, 1.165) is 11.1 Å². The zero-order valence-electron chi connectivity index (χ0n) is 17.0. The highest BCUT2D eigenvalue weighted by atomic mass is 16.5. The number of aromatic amines is 1. The second-order valence-corrected chi connectivity index (χ2v) is 7.53. The number of nitrogens with zero attached hydrogens (tertiary/aromatic N) is 2. The zero-order valence-corrected chi connectivity index (χ0v) is 17.0. The number of nitrogens with one attached hydrogen (secondary N) is 1. The fraction of sp³-hybridized carbons (Fsp3) is 0.381. The summed E-state index contributed by atoms with van der Waals surface area (Å²) in [5.74, 6) is 1.74. The van der Waals surface area contributed by atoms with E-state index in [2.05, 4.69) is 9.97 Å². The van der Waals surface area contributed by atoms with Gasteiger partial charge >= 0.3 is 0 Å². The lowest BCUT2D eigenvalue weighted by Gasteiger charge is -2.16. The third-order valence-electron chi connectivity index (χ3n) is 4.61. The lowest BCUT2D eigenvalue weighted by Crippen LogP contribution is -2.22. The molecule has 0 atom stereocenters. The summed E-state index contributed by atoms with van der Waals surface area (Å²) in [7, 11) is 4.70. The Bertz CT molecular complexity index is 993. The van der Waals surface area contributed by atoms with Crippen molar-refractivity contribution in [1.29, 1.82) is 0 Å². The molecule has 1 aromatic carbocycles. The van der Waals surface area contributed by atoms with Crippen LogP contribution >= 0.6 is 0 Å². The van der Waals surface area contributed by atoms with Crippen molar-refractivity contribution >= 4 is 16.9 Å². The summed E-state index contributed by atoms with van der Waals surface area (Å²) < 4.78 is 16.2. The molecular formula is C21H25N3O4.